The molecule has 2 amide bonds. The van der Waals surface area contributed by atoms with E-state index in [0.29, 0.717) is 25.8 Å². The second kappa shape index (κ2) is 10.0. The predicted molar refractivity (Wildman–Crippen MR) is 113 cm³/mol. The first-order chi connectivity index (χ1) is 14.5. The van der Waals surface area contributed by atoms with Gasteiger partial charge in [0.2, 0.25) is 11.8 Å². The van der Waals surface area contributed by atoms with Crippen molar-refractivity contribution in [3.05, 3.63) is 71.8 Å². The third-order valence-corrected chi connectivity index (χ3v) is 5.35. The van der Waals surface area contributed by atoms with E-state index in [0.717, 1.165) is 11.1 Å². The van der Waals surface area contributed by atoms with Gasteiger partial charge < -0.3 is 21.1 Å². The highest BCUT2D eigenvalue weighted by Gasteiger charge is 2.38. The summed E-state index contributed by atoms with van der Waals surface area (Å²) < 4.78 is 0. The van der Waals surface area contributed by atoms with Crippen molar-refractivity contribution in [2.24, 2.45) is 5.73 Å². The average Bonchev–Trinajstić information content (AvgIpc) is 3.24. The van der Waals surface area contributed by atoms with Gasteiger partial charge in [-0.3, -0.25) is 9.59 Å². The number of carboxylic acids is 1. The van der Waals surface area contributed by atoms with Crippen LogP contribution in [0.1, 0.15) is 24.0 Å². The van der Waals surface area contributed by atoms with E-state index < -0.39 is 30.0 Å². The number of carboxylic acid groups (broad SMARTS) is 1. The summed E-state index contributed by atoms with van der Waals surface area (Å²) in [7, 11) is 0. The Balaban J connectivity index is 1.74. The summed E-state index contributed by atoms with van der Waals surface area (Å²) in [5, 5.41) is 12.2. The van der Waals surface area contributed by atoms with Crippen molar-refractivity contribution in [3.8, 4) is 0 Å². The molecule has 2 aromatic rings. The van der Waals surface area contributed by atoms with Crippen LogP contribution >= 0.6 is 0 Å². The van der Waals surface area contributed by atoms with Crippen LogP contribution in [-0.2, 0) is 27.2 Å². The van der Waals surface area contributed by atoms with Crippen molar-refractivity contribution in [2.45, 2.75) is 43.8 Å². The van der Waals surface area contributed by atoms with Crippen LogP contribution in [0.5, 0.6) is 0 Å². The lowest BCUT2D eigenvalue weighted by atomic mass is 10.0. The molecule has 0 bridgehead atoms. The number of nitrogens with two attached hydrogens (primary N) is 1. The summed E-state index contributed by atoms with van der Waals surface area (Å²) in [5.41, 5.74) is 7.89. The fraction of sp³-hybridized carbons (Fsp3) is 0.348. The van der Waals surface area contributed by atoms with Crippen LogP contribution in [-0.4, -0.2) is 52.5 Å². The summed E-state index contributed by atoms with van der Waals surface area (Å²) in [6.45, 7) is 0.368. The van der Waals surface area contributed by atoms with E-state index in [-0.39, 0.29) is 12.3 Å². The first kappa shape index (κ1) is 21.5. The standard InChI is InChI=1S/C23H27N3O4/c24-18(14-16-8-3-1-4-9-16)21(27)25-19(15-17-10-5-2-6-11-17)22(28)26-13-7-12-20(26)23(29)30/h1-6,8-11,18-20H,7,12-15,24H2,(H,25,27)(H,29,30)/t18-,19-,20+/m0/s1. The molecule has 1 heterocycles. The molecule has 1 aliphatic heterocycles. The SMILES string of the molecule is N[C@@H](Cc1ccccc1)C(=O)N[C@@H](Cc1ccccc1)C(=O)N1CCC[C@@H]1C(=O)O. The van der Waals surface area contributed by atoms with Crippen LogP contribution in [0, 0.1) is 0 Å². The summed E-state index contributed by atoms with van der Waals surface area (Å²) in [6.07, 6.45) is 1.66. The van der Waals surface area contributed by atoms with Crippen LogP contribution < -0.4 is 11.1 Å². The zero-order valence-corrected chi connectivity index (χ0v) is 16.7. The second-order valence-electron chi connectivity index (χ2n) is 7.58. The third kappa shape index (κ3) is 5.45. The molecule has 158 valence electrons. The second-order valence-corrected chi connectivity index (χ2v) is 7.58. The van der Waals surface area contributed by atoms with Crippen LogP contribution in [0.3, 0.4) is 0 Å². The van der Waals surface area contributed by atoms with E-state index in [1.807, 2.05) is 60.7 Å². The molecule has 7 heteroatoms. The average molecular weight is 409 g/mol. The normalized spacial score (nSPS) is 17.9. The molecule has 0 aliphatic carbocycles. The predicted octanol–water partition coefficient (Wildman–Crippen LogP) is 1.36. The van der Waals surface area contributed by atoms with Crippen LogP contribution in [0.15, 0.2) is 60.7 Å². The van der Waals surface area contributed by atoms with E-state index in [4.69, 9.17) is 5.73 Å². The quantitative estimate of drug-likeness (QED) is 0.609. The first-order valence-corrected chi connectivity index (χ1v) is 10.1. The summed E-state index contributed by atoms with van der Waals surface area (Å²) >= 11 is 0. The summed E-state index contributed by atoms with van der Waals surface area (Å²) in [6, 6.07) is 16.2. The maximum atomic E-state index is 13.2. The van der Waals surface area contributed by atoms with Gasteiger partial charge in [-0.25, -0.2) is 4.79 Å². The molecule has 3 rings (SSSR count). The molecule has 1 saturated heterocycles. The number of nitrogens with zero attached hydrogens (tertiary/aromatic N) is 1. The van der Waals surface area contributed by atoms with E-state index in [9.17, 15) is 19.5 Å². The van der Waals surface area contributed by atoms with Crippen molar-refractivity contribution in [1.29, 1.82) is 0 Å². The van der Waals surface area contributed by atoms with Gasteiger partial charge in [-0.1, -0.05) is 60.7 Å². The third-order valence-electron chi connectivity index (χ3n) is 5.35. The van der Waals surface area contributed by atoms with Crippen molar-refractivity contribution >= 4 is 17.8 Å². The van der Waals surface area contributed by atoms with Crippen LogP contribution in [0.4, 0.5) is 0 Å². The molecule has 2 aromatic carbocycles. The molecule has 30 heavy (non-hydrogen) atoms. The fourth-order valence-corrected chi connectivity index (χ4v) is 3.78. The molecule has 3 atom stereocenters. The van der Waals surface area contributed by atoms with Gasteiger partial charge in [-0.2, -0.15) is 0 Å². The molecular formula is C23H27N3O4. The Morgan fingerprint density at radius 1 is 1.00 bits per heavy atom. The Kier molecular flexibility index (Phi) is 7.19. The monoisotopic (exact) mass is 409 g/mol. The number of amides is 2. The number of hydrogen-bond donors (Lipinski definition) is 3. The van der Waals surface area contributed by atoms with Gasteiger partial charge in [0.25, 0.3) is 0 Å². The number of rotatable bonds is 8. The van der Waals surface area contributed by atoms with Crippen LogP contribution in [0.2, 0.25) is 0 Å². The Bertz CT molecular complexity index is 873. The van der Waals surface area contributed by atoms with Gasteiger partial charge in [0.05, 0.1) is 6.04 Å². The topological polar surface area (TPSA) is 113 Å². The fourth-order valence-electron chi connectivity index (χ4n) is 3.78. The van der Waals surface area contributed by atoms with Gasteiger partial charge in [0.15, 0.2) is 0 Å². The van der Waals surface area contributed by atoms with Crippen molar-refractivity contribution in [3.63, 3.8) is 0 Å². The molecule has 4 N–H and O–H groups in total. The number of aliphatic carboxylic acids is 1. The smallest absolute Gasteiger partial charge is 0.326 e. The number of benzene rings is 2. The van der Waals surface area contributed by atoms with Gasteiger partial charge in [0.1, 0.15) is 12.1 Å². The number of nitrogens with one attached hydrogen (secondary N) is 1. The molecule has 0 spiro atoms. The minimum absolute atomic E-state index is 0.270. The molecule has 0 unspecified atom stereocenters. The maximum absolute atomic E-state index is 13.2. The van der Waals surface area contributed by atoms with Crippen molar-refractivity contribution in [1.82, 2.24) is 10.2 Å². The van der Waals surface area contributed by atoms with Gasteiger partial charge in [-0.15, -0.1) is 0 Å². The first-order valence-electron chi connectivity index (χ1n) is 10.1. The Hall–Kier alpha value is -3.19. The van der Waals surface area contributed by atoms with Crippen molar-refractivity contribution in [2.75, 3.05) is 6.54 Å². The Labute approximate surface area is 175 Å². The van der Waals surface area contributed by atoms with Crippen molar-refractivity contribution < 1.29 is 19.5 Å². The number of likely N-dealkylation sites (tertiary alicyclic amines) is 1. The Morgan fingerprint density at radius 2 is 1.57 bits per heavy atom. The van der Waals surface area contributed by atoms with Gasteiger partial charge in [0, 0.05) is 13.0 Å². The largest absolute Gasteiger partial charge is 0.480 e. The molecule has 7 nitrogen and oxygen atoms in total. The molecule has 0 saturated carbocycles. The van der Waals surface area contributed by atoms with E-state index in [1.165, 1.54) is 4.90 Å². The highest BCUT2D eigenvalue weighted by atomic mass is 16.4. The minimum atomic E-state index is -1.02. The number of carbonyl (C=O) groups excluding carboxylic acids is 2. The highest BCUT2D eigenvalue weighted by molar-refractivity contribution is 5.92. The minimum Gasteiger partial charge on any atom is -0.480 e. The van der Waals surface area contributed by atoms with E-state index in [1.54, 1.807) is 0 Å². The molecular weight excluding hydrogens is 382 g/mol. The summed E-state index contributed by atoms with van der Waals surface area (Å²) in [5.74, 6) is -1.84. The Morgan fingerprint density at radius 3 is 2.13 bits per heavy atom. The number of hydrogen-bond acceptors (Lipinski definition) is 4. The zero-order valence-electron chi connectivity index (χ0n) is 16.7. The lowest BCUT2D eigenvalue weighted by Gasteiger charge is -2.28. The van der Waals surface area contributed by atoms with Gasteiger partial charge >= 0.3 is 5.97 Å². The molecule has 1 fully saturated rings. The lowest BCUT2D eigenvalue weighted by molar-refractivity contribution is -0.149. The number of carbonyl (C=O) groups is 3. The zero-order chi connectivity index (χ0) is 21.5. The molecule has 0 radical (unpaired) electrons. The maximum Gasteiger partial charge on any atom is 0.326 e. The van der Waals surface area contributed by atoms with Crippen LogP contribution in [0.25, 0.3) is 0 Å². The lowest BCUT2D eigenvalue weighted by Crippen LogP contribution is -2.55. The van der Waals surface area contributed by atoms with Gasteiger partial charge in [-0.05, 0) is 30.4 Å². The summed E-state index contributed by atoms with van der Waals surface area (Å²) in [4.78, 5) is 38.8. The van der Waals surface area contributed by atoms with E-state index in [2.05, 4.69) is 5.32 Å². The molecule has 1 aliphatic rings. The highest BCUT2D eigenvalue weighted by Crippen LogP contribution is 2.19. The van der Waals surface area contributed by atoms with E-state index >= 15 is 0 Å². The molecule has 0 aromatic heterocycles.